The third-order valence-electron chi connectivity index (χ3n) is 1.38. The second kappa shape index (κ2) is 2.50. The van der Waals surface area contributed by atoms with Gasteiger partial charge in [0.1, 0.15) is 5.00 Å². The Morgan fingerprint density at radius 3 is 2.20 bits per heavy atom. The molecule has 1 aromatic heterocycles. The molecule has 56 valence electrons. The standard InChI is InChI=1S/C7H12N2S/c1-4(2)6-3-5(8)7(9)10-6/h3-4H,8-9H2,1-2H3. The summed E-state index contributed by atoms with van der Waals surface area (Å²) in [5, 5.41) is 0.740. The molecular weight excluding hydrogens is 144 g/mol. The molecule has 1 heterocycles. The topological polar surface area (TPSA) is 52.0 Å². The van der Waals surface area contributed by atoms with Gasteiger partial charge in [-0.1, -0.05) is 13.8 Å². The Bertz CT molecular complexity index is 208. The summed E-state index contributed by atoms with van der Waals surface area (Å²) >= 11 is 1.58. The monoisotopic (exact) mass is 156 g/mol. The molecule has 3 heteroatoms. The Kier molecular flexibility index (Phi) is 1.85. The summed E-state index contributed by atoms with van der Waals surface area (Å²) < 4.78 is 0. The van der Waals surface area contributed by atoms with Crippen molar-refractivity contribution >= 4 is 22.0 Å². The van der Waals surface area contributed by atoms with E-state index in [0.717, 1.165) is 5.00 Å². The Hall–Kier alpha value is -0.700. The quantitative estimate of drug-likeness (QED) is 0.653. The zero-order chi connectivity index (χ0) is 7.72. The Morgan fingerprint density at radius 1 is 1.40 bits per heavy atom. The molecule has 0 saturated heterocycles. The van der Waals surface area contributed by atoms with Crippen LogP contribution in [-0.2, 0) is 0 Å². The fourth-order valence-electron chi connectivity index (χ4n) is 0.724. The van der Waals surface area contributed by atoms with Gasteiger partial charge in [-0.15, -0.1) is 11.3 Å². The summed E-state index contributed by atoms with van der Waals surface area (Å²) in [7, 11) is 0. The van der Waals surface area contributed by atoms with Crippen LogP contribution in [0.5, 0.6) is 0 Å². The van der Waals surface area contributed by atoms with Crippen LogP contribution in [0, 0.1) is 0 Å². The highest BCUT2D eigenvalue weighted by Crippen LogP contribution is 2.31. The van der Waals surface area contributed by atoms with Crippen LogP contribution >= 0.6 is 11.3 Å². The first-order valence-electron chi connectivity index (χ1n) is 3.26. The van der Waals surface area contributed by atoms with Crippen LogP contribution in [0.1, 0.15) is 24.6 Å². The maximum atomic E-state index is 5.57. The van der Waals surface area contributed by atoms with Crippen molar-refractivity contribution < 1.29 is 0 Å². The van der Waals surface area contributed by atoms with E-state index in [9.17, 15) is 0 Å². The van der Waals surface area contributed by atoms with Crippen molar-refractivity contribution in [1.29, 1.82) is 0 Å². The van der Waals surface area contributed by atoms with E-state index in [1.807, 2.05) is 6.07 Å². The predicted molar refractivity (Wildman–Crippen MR) is 47.2 cm³/mol. The average molecular weight is 156 g/mol. The molecule has 0 amide bonds. The van der Waals surface area contributed by atoms with Crippen LogP contribution in [0.15, 0.2) is 6.07 Å². The molecule has 0 unspecified atom stereocenters. The molecule has 10 heavy (non-hydrogen) atoms. The number of nitrogen functional groups attached to an aromatic ring is 2. The van der Waals surface area contributed by atoms with Gasteiger partial charge in [0, 0.05) is 4.88 Å². The minimum absolute atomic E-state index is 0.532. The molecule has 0 aromatic carbocycles. The molecule has 0 aliphatic heterocycles. The second-order valence-corrected chi connectivity index (χ2v) is 3.74. The largest absolute Gasteiger partial charge is 0.396 e. The zero-order valence-corrected chi connectivity index (χ0v) is 7.03. The van der Waals surface area contributed by atoms with Gasteiger partial charge in [0.15, 0.2) is 0 Å². The van der Waals surface area contributed by atoms with Gasteiger partial charge >= 0.3 is 0 Å². The number of hydrogen-bond donors (Lipinski definition) is 2. The van der Waals surface area contributed by atoms with E-state index in [0.29, 0.717) is 11.6 Å². The van der Waals surface area contributed by atoms with Crippen LogP contribution in [0.3, 0.4) is 0 Å². The first-order chi connectivity index (χ1) is 4.61. The van der Waals surface area contributed by atoms with Gasteiger partial charge in [-0.25, -0.2) is 0 Å². The summed E-state index contributed by atoms with van der Waals surface area (Å²) in [6.07, 6.45) is 0. The van der Waals surface area contributed by atoms with E-state index in [1.54, 1.807) is 11.3 Å². The molecule has 4 N–H and O–H groups in total. The van der Waals surface area contributed by atoms with Crippen molar-refractivity contribution in [3.8, 4) is 0 Å². The molecule has 0 saturated carbocycles. The molecule has 1 rings (SSSR count). The first-order valence-corrected chi connectivity index (χ1v) is 4.07. The SMILES string of the molecule is CC(C)c1cc(N)c(N)s1. The third-order valence-corrected chi connectivity index (χ3v) is 2.66. The lowest BCUT2D eigenvalue weighted by atomic mass is 10.2. The minimum Gasteiger partial charge on any atom is -0.396 e. The molecule has 0 bridgehead atoms. The van der Waals surface area contributed by atoms with Crippen molar-refractivity contribution in [2.45, 2.75) is 19.8 Å². The van der Waals surface area contributed by atoms with E-state index in [2.05, 4.69) is 13.8 Å². The van der Waals surface area contributed by atoms with Crippen molar-refractivity contribution in [2.75, 3.05) is 11.5 Å². The van der Waals surface area contributed by atoms with E-state index in [-0.39, 0.29) is 0 Å². The summed E-state index contributed by atoms with van der Waals surface area (Å²) in [5.41, 5.74) is 11.9. The molecule has 0 atom stereocenters. The van der Waals surface area contributed by atoms with Gasteiger partial charge in [-0.05, 0) is 12.0 Å². The number of nitrogens with two attached hydrogens (primary N) is 2. The number of thiophene rings is 1. The van der Waals surface area contributed by atoms with Crippen LogP contribution in [0.4, 0.5) is 10.7 Å². The molecule has 0 fully saturated rings. The zero-order valence-electron chi connectivity index (χ0n) is 6.22. The van der Waals surface area contributed by atoms with E-state index >= 15 is 0 Å². The summed E-state index contributed by atoms with van der Waals surface area (Å²) in [6, 6.07) is 1.95. The van der Waals surface area contributed by atoms with Crippen molar-refractivity contribution in [2.24, 2.45) is 0 Å². The maximum absolute atomic E-state index is 5.57. The van der Waals surface area contributed by atoms with Crippen LogP contribution in [0.2, 0.25) is 0 Å². The highest BCUT2D eigenvalue weighted by molar-refractivity contribution is 7.16. The lowest BCUT2D eigenvalue weighted by molar-refractivity contribution is 0.890. The Morgan fingerprint density at radius 2 is 2.00 bits per heavy atom. The van der Waals surface area contributed by atoms with Crippen LogP contribution in [0.25, 0.3) is 0 Å². The molecule has 0 aliphatic carbocycles. The third kappa shape index (κ3) is 1.24. The summed E-state index contributed by atoms with van der Waals surface area (Å²) in [6.45, 7) is 4.26. The molecule has 0 radical (unpaired) electrons. The predicted octanol–water partition coefficient (Wildman–Crippen LogP) is 2.04. The van der Waals surface area contributed by atoms with Gasteiger partial charge in [0.05, 0.1) is 5.69 Å². The van der Waals surface area contributed by atoms with Crippen LogP contribution < -0.4 is 11.5 Å². The van der Waals surface area contributed by atoms with Gasteiger partial charge in [0.25, 0.3) is 0 Å². The average Bonchev–Trinajstić information content (AvgIpc) is 2.13. The van der Waals surface area contributed by atoms with Gasteiger partial charge in [-0.2, -0.15) is 0 Å². The van der Waals surface area contributed by atoms with Gasteiger partial charge in [-0.3, -0.25) is 0 Å². The Balaban J connectivity index is 2.98. The lowest BCUT2D eigenvalue weighted by Gasteiger charge is -1.95. The molecule has 1 aromatic rings. The molecule has 0 spiro atoms. The maximum Gasteiger partial charge on any atom is 0.109 e. The number of hydrogen-bond acceptors (Lipinski definition) is 3. The van der Waals surface area contributed by atoms with E-state index in [1.165, 1.54) is 4.88 Å². The Labute approximate surface area is 64.8 Å². The highest BCUT2D eigenvalue weighted by Gasteiger charge is 2.05. The van der Waals surface area contributed by atoms with Crippen molar-refractivity contribution in [3.05, 3.63) is 10.9 Å². The molecular formula is C7H12N2S. The van der Waals surface area contributed by atoms with Gasteiger partial charge in [0.2, 0.25) is 0 Å². The fraction of sp³-hybridized carbons (Fsp3) is 0.429. The second-order valence-electron chi connectivity index (χ2n) is 2.62. The van der Waals surface area contributed by atoms with E-state index < -0.39 is 0 Å². The highest BCUT2D eigenvalue weighted by atomic mass is 32.1. The number of anilines is 2. The van der Waals surface area contributed by atoms with Crippen molar-refractivity contribution in [3.63, 3.8) is 0 Å². The normalized spacial score (nSPS) is 10.7. The first kappa shape index (κ1) is 7.41. The smallest absolute Gasteiger partial charge is 0.109 e. The summed E-state index contributed by atoms with van der Waals surface area (Å²) in [4.78, 5) is 1.26. The van der Waals surface area contributed by atoms with Crippen molar-refractivity contribution in [1.82, 2.24) is 0 Å². The van der Waals surface area contributed by atoms with E-state index in [4.69, 9.17) is 11.5 Å². The fourth-order valence-corrected chi connectivity index (χ4v) is 1.58. The minimum atomic E-state index is 0.532. The number of rotatable bonds is 1. The lowest BCUT2D eigenvalue weighted by Crippen LogP contribution is -1.86. The van der Waals surface area contributed by atoms with Gasteiger partial charge < -0.3 is 11.5 Å². The molecule has 2 nitrogen and oxygen atoms in total. The van der Waals surface area contributed by atoms with Crippen LogP contribution in [-0.4, -0.2) is 0 Å². The summed E-state index contributed by atoms with van der Waals surface area (Å²) in [5.74, 6) is 0.532. The molecule has 0 aliphatic rings.